The van der Waals surface area contributed by atoms with Crippen molar-refractivity contribution in [1.29, 1.82) is 5.26 Å². The molecule has 2 fully saturated rings. The second-order valence-corrected chi connectivity index (χ2v) is 12.6. The van der Waals surface area contributed by atoms with Crippen LogP contribution in [-0.2, 0) is 23.3 Å². The van der Waals surface area contributed by atoms with Gasteiger partial charge in [0.25, 0.3) is 14.1 Å². The Balaban J connectivity index is 1.61. The number of fused-ring (bicyclic) bond motifs is 3. The molecule has 0 spiro atoms. The van der Waals surface area contributed by atoms with E-state index >= 15 is 0 Å². The second-order valence-electron chi connectivity index (χ2n) is 11.1. The van der Waals surface area contributed by atoms with E-state index in [2.05, 4.69) is 65.6 Å². The maximum atomic E-state index is 12.7. The first-order chi connectivity index (χ1) is 19.0. The van der Waals surface area contributed by atoms with E-state index < -0.39 is 25.9 Å². The van der Waals surface area contributed by atoms with Crippen LogP contribution in [0.25, 0.3) is 11.2 Å². The number of nitrogens with one attached hydrogen (secondary N) is 2. The Morgan fingerprint density at radius 3 is 2.70 bits per heavy atom. The molecule has 0 radical (unpaired) electrons. The third kappa shape index (κ3) is 6.08. The number of aromatic amines is 1. The molecule has 4 rings (SSSR count). The lowest BCUT2D eigenvalue weighted by molar-refractivity contribution is -0.118. The molecule has 0 saturated carbocycles. The molecule has 14 heteroatoms. The van der Waals surface area contributed by atoms with Crippen LogP contribution in [0.15, 0.2) is 11.1 Å². The fourth-order valence-corrected chi connectivity index (χ4v) is 6.88. The molecule has 1 amide bonds. The number of H-pyrrole nitrogens is 1. The molecular formula is C26H40N7O6P. The molecule has 2 saturated heterocycles. The van der Waals surface area contributed by atoms with E-state index in [-0.39, 0.29) is 67.0 Å². The van der Waals surface area contributed by atoms with Gasteiger partial charge in [0.05, 0.1) is 38.6 Å². The number of anilines is 1. The SMILES string of the molecule is CC(C)C(=O)Nc1nc2c(ncn2[C@@H]2O[C@@]3(COP(OCCC#N)N(C(C)C)C(C)C)CCO[C@@H]2[C@@H]3C)c(=O)[nH]1. The molecule has 2 aliphatic rings. The van der Waals surface area contributed by atoms with Gasteiger partial charge in [-0.2, -0.15) is 10.2 Å². The molecule has 40 heavy (non-hydrogen) atoms. The Morgan fingerprint density at radius 2 is 2.05 bits per heavy atom. The number of carbonyl (C=O) groups is 1. The van der Waals surface area contributed by atoms with Gasteiger partial charge in [-0.1, -0.05) is 20.8 Å². The molecule has 0 aromatic carbocycles. The number of ether oxygens (including phenoxy) is 2. The van der Waals surface area contributed by atoms with Crippen molar-refractivity contribution in [3.8, 4) is 6.07 Å². The lowest BCUT2D eigenvalue weighted by atomic mass is 9.83. The fraction of sp³-hybridized carbons (Fsp3) is 0.731. The predicted molar refractivity (Wildman–Crippen MR) is 149 cm³/mol. The Hall–Kier alpha value is -2.46. The van der Waals surface area contributed by atoms with Crippen LogP contribution in [0.2, 0.25) is 0 Å². The first kappa shape index (κ1) is 30.5. The van der Waals surface area contributed by atoms with Crippen LogP contribution in [0.1, 0.15) is 67.5 Å². The lowest BCUT2D eigenvalue weighted by Crippen LogP contribution is -2.46. The summed E-state index contributed by atoms with van der Waals surface area (Å²) in [5.41, 5.74) is -0.693. The van der Waals surface area contributed by atoms with Crippen molar-refractivity contribution >= 4 is 31.5 Å². The van der Waals surface area contributed by atoms with Gasteiger partial charge in [-0.15, -0.1) is 0 Å². The van der Waals surface area contributed by atoms with Crippen molar-refractivity contribution in [2.75, 3.05) is 25.1 Å². The number of hydrogen-bond acceptors (Lipinski definition) is 10. The topological polar surface area (TPSA) is 157 Å². The van der Waals surface area contributed by atoms with Gasteiger partial charge in [0.15, 0.2) is 17.4 Å². The van der Waals surface area contributed by atoms with Gasteiger partial charge >= 0.3 is 0 Å². The minimum atomic E-state index is -1.44. The first-order valence-electron chi connectivity index (χ1n) is 13.8. The molecule has 2 aliphatic heterocycles. The van der Waals surface area contributed by atoms with E-state index in [1.54, 1.807) is 18.4 Å². The molecule has 1 unspecified atom stereocenters. The monoisotopic (exact) mass is 577 g/mol. The average Bonchev–Trinajstić information content (AvgIpc) is 3.34. The zero-order valence-corrected chi connectivity index (χ0v) is 25.1. The van der Waals surface area contributed by atoms with Crippen LogP contribution in [0.4, 0.5) is 5.95 Å². The Labute approximate surface area is 235 Å². The summed E-state index contributed by atoms with van der Waals surface area (Å²) in [6.07, 6.45) is 1.48. The Morgan fingerprint density at radius 1 is 1.32 bits per heavy atom. The molecule has 2 aromatic rings. The van der Waals surface area contributed by atoms with Crippen LogP contribution < -0.4 is 10.9 Å². The number of aromatic nitrogens is 4. The van der Waals surface area contributed by atoms with Crippen LogP contribution in [0.5, 0.6) is 0 Å². The Kier molecular flexibility index (Phi) is 9.60. The predicted octanol–water partition coefficient (Wildman–Crippen LogP) is 3.70. The number of nitrogens with zero attached hydrogens (tertiary/aromatic N) is 5. The van der Waals surface area contributed by atoms with Crippen molar-refractivity contribution in [2.24, 2.45) is 11.8 Å². The highest BCUT2D eigenvalue weighted by atomic mass is 31.2. The highest BCUT2D eigenvalue weighted by Gasteiger charge is 2.57. The smallest absolute Gasteiger partial charge is 0.280 e. The molecule has 2 aromatic heterocycles. The van der Waals surface area contributed by atoms with Crippen LogP contribution >= 0.6 is 8.53 Å². The summed E-state index contributed by atoms with van der Waals surface area (Å²) >= 11 is 0. The van der Waals surface area contributed by atoms with Crippen LogP contribution in [-0.4, -0.2) is 73.7 Å². The maximum absolute atomic E-state index is 12.7. The number of nitriles is 1. The summed E-state index contributed by atoms with van der Waals surface area (Å²) in [4.78, 5) is 36.3. The molecule has 5 atom stereocenters. The van der Waals surface area contributed by atoms with E-state index in [4.69, 9.17) is 23.8 Å². The van der Waals surface area contributed by atoms with E-state index in [0.717, 1.165) is 0 Å². The van der Waals surface area contributed by atoms with E-state index in [1.165, 1.54) is 6.33 Å². The zero-order valence-electron chi connectivity index (χ0n) is 24.2. The summed E-state index contributed by atoms with van der Waals surface area (Å²) in [6.45, 7) is 15.0. The van der Waals surface area contributed by atoms with E-state index in [9.17, 15) is 9.59 Å². The summed E-state index contributed by atoms with van der Waals surface area (Å²) in [5, 5.41) is 11.7. The minimum Gasteiger partial charge on any atom is -0.373 e. The van der Waals surface area contributed by atoms with Gasteiger partial charge in [-0.25, -0.2) is 9.65 Å². The van der Waals surface area contributed by atoms with E-state index in [0.29, 0.717) is 18.7 Å². The summed E-state index contributed by atoms with van der Waals surface area (Å²) in [7, 11) is -1.44. The standard InChI is InChI=1S/C26H40N7O6P/c1-15(2)22(34)30-25-29-21-19(23(35)31-25)28-14-32(21)24-20-18(7)26(39-24,9-12-36-20)13-38-40(37-11-8-10-27)33(16(3)4)17(5)6/h14-18,20,24H,8-9,11-13H2,1-7H3,(H2,29,30,31,34,35)/t18-,20+,24+,26+,40?/m0/s1. The molecule has 0 aliphatic carbocycles. The Bertz CT molecular complexity index is 1280. The van der Waals surface area contributed by atoms with Gasteiger partial charge in [0.1, 0.15) is 11.7 Å². The first-order valence-corrected chi connectivity index (χ1v) is 14.9. The largest absolute Gasteiger partial charge is 0.373 e. The molecule has 220 valence electrons. The minimum absolute atomic E-state index is 0.0479. The highest BCUT2D eigenvalue weighted by molar-refractivity contribution is 7.44. The van der Waals surface area contributed by atoms with Gasteiger partial charge in [-0.3, -0.25) is 24.5 Å². The summed E-state index contributed by atoms with van der Waals surface area (Å²) in [5.74, 6) is -0.545. The average molecular weight is 578 g/mol. The second kappa shape index (κ2) is 12.6. The van der Waals surface area contributed by atoms with Crippen molar-refractivity contribution in [3.63, 3.8) is 0 Å². The number of amides is 1. The van der Waals surface area contributed by atoms with Crippen molar-refractivity contribution in [3.05, 3.63) is 16.7 Å². The number of hydrogen-bond donors (Lipinski definition) is 2. The van der Waals surface area contributed by atoms with Gasteiger partial charge in [0.2, 0.25) is 11.9 Å². The maximum Gasteiger partial charge on any atom is 0.280 e. The molecular weight excluding hydrogens is 537 g/mol. The fourth-order valence-electron chi connectivity index (χ4n) is 5.21. The van der Waals surface area contributed by atoms with Crippen LogP contribution in [0.3, 0.4) is 0 Å². The van der Waals surface area contributed by atoms with Gasteiger partial charge in [0, 0.05) is 30.3 Å². The quantitative estimate of drug-likeness (QED) is 0.282. The van der Waals surface area contributed by atoms with Crippen molar-refractivity contribution < 1.29 is 23.3 Å². The summed E-state index contributed by atoms with van der Waals surface area (Å²) < 4.78 is 29.4. The van der Waals surface area contributed by atoms with Crippen LogP contribution in [0, 0.1) is 23.2 Å². The normalized spacial score (nSPS) is 25.3. The van der Waals surface area contributed by atoms with Gasteiger partial charge < -0.3 is 18.5 Å². The van der Waals surface area contributed by atoms with Gasteiger partial charge in [-0.05, 0) is 27.7 Å². The molecule has 2 bridgehead atoms. The lowest BCUT2D eigenvalue weighted by Gasteiger charge is -2.40. The number of carbonyl (C=O) groups excluding carboxylic acids is 1. The zero-order chi connectivity index (χ0) is 29.2. The third-order valence-electron chi connectivity index (χ3n) is 7.35. The van der Waals surface area contributed by atoms with Crippen molar-refractivity contribution in [2.45, 2.75) is 91.3 Å². The third-order valence-corrected chi connectivity index (χ3v) is 9.40. The number of rotatable bonds is 12. The summed E-state index contributed by atoms with van der Waals surface area (Å²) in [6, 6.07) is 2.48. The molecule has 13 nitrogen and oxygen atoms in total. The molecule has 2 N–H and O–H groups in total. The van der Waals surface area contributed by atoms with E-state index in [1.807, 2.05) is 0 Å². The molecule has 4 heterocycles. The van der Waals surface area contributed by atoms with Crippen molar-refractivity contribution in [1.82, 2.24) is 24.2 Å². The highest BCUT2D eigenvalue weighted by Crippen LogP contribution is 2.53. The number of imidazole rings is 1.